The minimum Gasteiger partial charge on any atom is -0.467 e. The van der Waals surface area contributed by atoms with Crippen LogP contribution in [0, 0.1) is 0 Å². The predicted octanol–water partition coefficient (Wildman–Crippen LogP) is 6.21. The number of urea groups is 1. The first-order valence-electron chi connectivity index (χ1n) is 11.4. The summed E-state index contributed by atoms with van der Waals surface area (Å²) in [7, 11) is 0. The van der Waals surface area contributed by atoms with Gasteiger partial charge < -0.3 is 19.2 Å². The summed E-state index contributed by atoms with van der Waals surface area (Å²) in [6.07, 6.45) is 3.59. The van der Waals surface area contributed by atoms with E-state index in [9.17, 15) is 9.59 Å². The molecule has 1 aliphatic heterocycles. The smallest absolute Gasteiger partial charge is 0.322 e. The molecule has 1 atom stereocenters. The number of carbonyl (C=O) groups excluding carboxylic acids is 2. The number of anilines is 2. The van der Waals surface area contributed by atoms with Gasteiger partial charge in [-0.3, -0.25) is 9.69 Å². The van der Waals surface area contributed by atoms with Gasteiger partial charge in [0.05, 0.1) is 29.0 Å². The number of rotatable bonds is 5. The average Bonchev–Trinajstić information content (AvgIpc) is 3.55. The molecule has 7 nitrogen and oxygen atoms in total. The standard InChI is InChI=1S/C27H25BrN4O3/c1-18(2)31(27(34)29-20-10-4-3-9-19(20)28)17-25(33)32-22-12-6-5-11-21(22)30-15-7-13-23(30)26(32)24-14-8-16-35-24/h3-16,18,26H,17H2,1-2H3,(H,29,34)/t26-/m1/s1. The Morgan fingerprint density at radius 2 is 1.74 bits per heavy atom. The van der Waals surface area contributed by atoms with Crippen LogP contribution in [-0.2, 0) is 4.79 Å². The summed E-state index contributed by atoms with van der Waals surface area (Å²) < 4.78 is 8.63. The third kappa shape index (κ3) is 4.25. The summed E-state index contributed by atoms with van der Waals surface area (Å²) in [5.74, 6) is 0.448. The summed E-state index contributed by atoms with van der Waals surface area (Å²) in [5.41, 5.74) is 3.22. The van der Waals surface area contributed by atoms with E-state index in [1.807, 2.05) is 92.8 Å². The van der Waals surface area contributed by atoms with Crippen molar-refractivity contribution in [2.75, 3.05) is 16.8 Å². The fraction of sp³-hybridized carbons (Fsp3) is 0.185. The van der Waals surface area contributed by atoms with Gasteiger partial charge in [0.1, 0.15) is 18.3 Å². The molecule has 0 fully saturated rings. The number of carbonyl (C=O) groups is 2. The van der Waals surface area contributed by atoms with Crippen LogP contribution < -0.4 is 10.2 Å². The van der Waals surface area contributed by atoms with Gasteiger partial charge in [0, 0.05) is 16.7 Å². The zero-order chi connectivity index (χ0) is 24.5. The van der Waals surface area contributed by atoms with Crippen molar-refractivity contribution in [2.24, 2.45) is 0 Å². The monoisotopic (exact) mass is 532 g/mol. The molecule has 0 saturated heterocycles. The lowest BCUT2D eigenvalue weighted by Crippen LogP contribution is -2.49. The lowest BCUT2D eigenvalue weighted by molar-refractivity contribution is -0.120. The van der Waals surface area contributed by atoms with Gasteiger partial charge in [0.2, 0.25) is 5.91 Å². The van der Waals surface area contributed by atoms with Gasteiger partial charge in [-0.15, -0.1) is 0 Å². The topological polar surface area (TPSA) is 70.7 Å². The molecule has 0 radical (unpaired) electrons. The van der Waals surface area contributed by atoms with Crippen molar-refractivity contribution >= 4 is 39.2 Å². The first-order chi connectivity index (χ1) is 17.0. The Kier molecular flexibility index (Phi) is 6.21. The predicted molar refractivity (Wildman–Crippen MR) is 139 cm³/mol. The van der Waals surface area contributed by atoms with E-state index in [1.54, 1.807) is 11.2 Å². The van der Waals surface area contributed by atoms with Crippen molar-refractivity contribution in [3.8, 4) is 5.69 Å². The first-order valence-corrected chi connectivity index (χ1v) is 12.2. The fourth-order valence-electron chi connectivity index (χ4n) is 4.44. The van der Waals surface area contributed by atoms with Gasteiger partial charge in [-0.2, -0.15) is 0 Å². The number of fused-ring (bicyclic) bond motifs is 3. The summed E-state index contributed by atoms with van der Waals surface area (Å²) in [6.45, 7) is 3.69. The molecule has 2 aromatic carbocycles. The van der Waals surface area contributed by atoms with E-state index in [0.29, 0.717) is 11.4 Å². The van der Waals surface area contributed by atoms with E-state index in [1.165, 1.54) is 4.90 Å². The maximum absolute atomic E-state index is 14.0. The third-order valence-electron chi connectivity index (χ3n) is 6.11. The second-order valence-electron chi connectivity index (χ2n) is 8.61. The Labute approximate surface area is 212 Å². The van der Waals surface area contributed by atoms with E-state index in [0.717, 1.165) is 21.5 Å². The minimum atomic E-state index is -0.456. The molecule has 0 spiro atoms. The first kappa shape index (κ1) is 23.0. The van der Waals surface area contributed by atoms with Gasteiger partial charge in [-0.05, 0) is 78.3 Å². The highest BCUT2D eigenvalue weighted by molar-refractivity contribution is 9.10. The molecule has 2 aromatic heterocycles. The van der Waals surface area contributed by atoms with Gasteiger partial charge in [-0.25, -0.2) is 4.79 Å². The van der Waals surface area contributed by atoms with E-state index in [2.05, 4.69) is 25.8 Å². The summed E-state index contributed by atoms with van der Waals surface area (Å²) in [6, 6.07) is 21.8. The highest BCUT2D eigenvalue weighted by atomic mass is 79.9. The van der Waals surface area contributed by atoms with Gasteiger partial charge in [0.25, 0.3) is 0 Å². The molecule has 35 heavy (non-hydrogen) atoms. The molecule has 178 valence electrons. The number of benzene rings is 2. The molecule has 4 aromatic rings. The lowest BCUT2D eigenvalue weighted by Gasteiger charge is -2.38. The van der Waals surface area contributed by atoms with Crippen LogP contribution in [0.1, 0.15) is 31.3 Å². The van der Waals surface area contributed by atoms with Crippen LogP contribution in [0.4, 0.5) is 16.2 Å². The number of hydrogen-bond donors (Lipinski definition) is 1. The fourth-order valence-corrected chi connectivity index (χ4v) is 4.82. The van der Waals surface area contributed by atoms with Gasteiger partial charge in [0.15, 0.2) is 0 Å². The van der Waals surface area contributed by atoms with Crippen LogP contribution in [-0.4, -0.2) is 34.0 Å². The van der Waals surface area contributed by atoms with E-state index in [4.69, 9.17) is 4.42 Å². The quantitative estimate of drug-likeness (QED) is 0.332. The number of furan rings is 1. The maximum atomic E-state index is 14.0. The van der Waals surface area contributed by atoms with Crippen LogP contribution in [0.3, 0.4) is 0 Å². The highest BCUT2D eigenvalue weighted by Crippen LogP contribution is 2.42. The van der Waals surface area contributed by atoms with Crippen LogP contribution in [0.2, 0.25) is 0 Å². The second kappa shape index (κ2) is 9.46. The van der Waals surface area contributed by atoms with Crippen molar-refractivity contribution in [3.05, 3.63) is 101 Å². The van der Waals surface area contributed by atoms with Crippen molar-refractivity contribution in [2.45, 2.75) is 25.9 Å². The highest BCUT2D eigenvalue weighted by Gasteiger charge is 2.38. The molecule has 0 saturated carbocycles. The van der Waals surface area contributed by atoms with E-state index < -0.39 is 6.04 Å². The van der Waals surface area contributed by atoms with Crippen molar-refractivity contribution in [3.63, 3.8) is 0 Å². The molecular weight excluding hydrogens is 508 g/mol. The Morgan fingerprint density at radius 1 is 1.00 bits per heavy atom. The zero-order valence-corrected chi connectivity index (χ0v) is 21.0. The Bertz CT molecular complexity index is 1360. The molecule has 0 aliphatic carbocycles. The number of hydrogen-bond acceptors (Lipinski definition) is 3. The van der Waals surface area contributed by atoms with Crippen LogP contribution in [0.25, 0.3) is 5.69 Å². The maximum Gasteiger partial charge on any atom is 0.322 e. The minimum absolute atomic E-state index is 0.0970. The van der Waals surface area contributed by atoms with Gasteiger partial charge in [-0.1, -0.05) is 24.3 Å². The summed E-state index contributed by atoms with van der Waals surface area (Å²) in [5, 5.41) is 2.92. The Hall–Kier alpha value is -3.78. The normalized spacial score (nSPS) is 14.4. The average molecular weight is 533 g/mol. The van der Waals surface area contributed by atoms with E-state index >= 15 is 0 Å². The number of aromatic nitrogens is 1. The molecular formula is C27H25BrN4O3. The third-order valence-corrected chi connectivity index (χ3v) is 6.80. The van der Waals surface area contributed by atoms with Crippen molar-refractivity contribution in [1.82, 2.24) is 9.47 Å². The van der Waals surface area contributed by atoms with Crippen molar-refractivity contribution < 1.29 is 14.0 Å². The Balaban J connectivity index is 1.50. The van der Waals surface area contributed by atoms with E-state index in [-0.39, 0.29) is 24.5 Å². The number of nitrogens with one attached hydrogen (secondary N) is 1. The molecule has 8 heteroatoms. The second-order valence-corrected chi connectivity index (χ2v) is 9.46. The van der Waals surface area contributed by atoms with Crippen LogP contribution >= 0.6 is 15.9 Å². The number of para-hydroxylation sites is 3. The summed E-state index contributed by atoms with van der Waals surface area (Å²) >= 11 is 3.46. The molecule has 0 unspecified atom stereocenters. The molecule has 1 N–H and O–H groups in total. The number of amides is 3. The van der Waals surface area contributed by atoms with Crippen LogP contribution in [0.15, 0.2) is 94.1 Å². The van der Waals surface area contributed by atoms with Crippen molar-refractivity contribution in [1.29, 1.82) is 0 Å². The largest absolute Gasteiger partial charge is 0.467 e. The molecule has 3 heterocycles. The zero-order valence-electron chi connectivity index (χ0n) is 19.4. The number of halogens is 1. The molecule has 0 bridgehead atoms. The molecule has 3 amide bonds. The number of nitrogens with zero attached hydrogens (tertiary/aromatic N) is 3. The summed E-state index contributed by atoms with van der Waals surface area (Å²) in [4.78, 5) is 30.5. The SMILES string of the molecule is CC(C)N(CC(=O)N1c2ccccc2-n2cccc2[C@@H]1c1ccco1)C(=O)Nc1ccccc1Br. The lowest BCUT2D eigenvalue weighted by atomic mass is 10.0. The Morgan fingerprint density at radius 3 is 2.46 bits per heavy atom. The van der Waals surface area contributed by atoms with Gasteiger partial charge >= 0.3 is 6.03 Å². The molecule has 5 rings (SSSR count). The van der Waals surface area contributed by atoms with Crippen LogP contribution in [0.5, 0.6) is 0 Å². The molecule has 1 aliphatic rings.